The molecule has 4 rings (SSSR count). The number of benzene rings is 2. The largest absolute Gasteiger partial charge is 0.484 e. The first-order chi connectivity index (χ1) is 18.0. The van der Waals surface area contributed by atoms with Gasteiger partial charge in [-0.1, -0.05) is 62.3 Å². The number of nitrogens with zero attached hydrogens (tertiary/aromatic N) is 3. The van der Waals surface area contributed by atoms with Crippen molar-refractivity contribution in [1.82, 2.24) is 15.0 Å². The summed E-state index contributed by atoms with van der Waals surface area (Å²) in [5, 5.41) is 4.10. The molecule has 0 N–H and O–H groups in total. The quantitative estimate of drug-likeness (QED) is 0.348. The van der Waals surface area contributed by atoms with E-state index in [-0.39, 0.29) is 24.1 Å². The van der Waals surface area contributed by atoms with Crippen molar-refractivity contribution in [2.45, 2.75) is 71.7 Å². The fraction of sp³-hybridized carbons (Fsp3) is 0.500. The number of morpholine rings is 1. The Morgan fingerprint density at radius 3 is 2.39 bits per heavy atom. The SMILES string of the molecule is CC(C)(C)OC(=O)CCN1CCOC(c2ccc(OCc3nc(-c4ccc(C(C)(C)C)cc4)no3)cc2)C1. The Morgan fingerprint density at radius 1 is 1.03 bits per heavy atom. The lowest BCUT2D eigenvalue weighted by molar-refractivity contribution is -0.155. The van der Waals surface area contributed by atoms with Gasteiger partial charge in [-0.05, 0) is 49.4 Å². The van der Waals surface area contributed by atoms with Crippen LogP contribution >= 0.6 is 0 Å². The van der Waals surface area contributed by atoms with Crippen molar-refractivity contribution in [3.63, 3.8) is 0 Å². The molecule has 204 valence electrons. The average Bonchev–Trinajstić information content (AvgIpc) is 3.34. The fourth-order valence-electron chi connectivity index (χ4n) is 4.22. The summed E-state index contributed by atoms with van der Waals surface area (Å²) in [7, 11) is 0. The number of carbonyl (C=O) groups excluding carboxylic acids is 1. The van der Waals surface area contributed by atoms with E-state index in [1.807, 2.05) is 57.2 Å². The first-order valence-corrected chi connectivity index (χ1v) is 13.2. The molecule has 1 fully saturated rings. The summed E-state index contributed by atoms with van der Waals surface area (Å²) in [6.45, 7) is 15.2. The molecule has 0 aliphatic carbocycles. The number of carbonyl (C=O) groups is 1. The molecule has 38 heavy (non-hydrogen) atoms. The molecule has 1 aromatic heterocycles. The van der Waals surface area contributed by atoms with Crippen molar-refractivity contribution in [3.8, 4) is 17.1 Å². The molecule has 8 nitrogen and oxygen atoms in total. The molecule has 0 amide bonds. The average molecular weight is 522 g/mol. The Bertz CT molecular complexity index is 1190. The Hall–Kier alpha value is -3.23. The normalized spacial score (nSPS) is 16.8. The zero-order chi connectivity index (χ0) is 27.3. The minimum Gasteiger partial charge on any atom is -0.484 e. The van der Waals surface area contributed by atoms with Gasteiger partial charge in [0.1, 0.15) is 11.4 Å². The topological polar surface area (TPSA) is 86.9 Å². The number of esters is 1. The summed E-state index contributed by atoms with van der Waals surface area (Å²) in [6.07, 6.45) is 0.315. The van der Waals surface area contributed by atoms with Gasteiger partial charge in [0.05, 0.1) is 19.1 Å². The van der Waals surface area contributed by atoms with Crippen LogP contribution < -0.4 is 4.74 Å². The van der Waals surface area contributed by atoms with Crippen molar-refractivity contribution in [1.29, 1.82) is 0 Å². The van der Waals surface area contributed by atoms with Crippen LogP contribution in [0.1, 0.15) is 71.1 Å². The highest BCUT2D eigenvalue weighted by Gasteiger charge is 2.24. The third-order valence-electron chi connectivity index (χ3n) is 6.29. The van der Waals surface area contributed by atoms with Crippen LogP contribution in [0.3, 0.4) is 0 Å². The Labute approximate surface area is 225 Å². The van der Waals surface area contributed by atoms with E-state index in [4.69, 9.17) is 18.7 Å². The minimum atomic E-state index is -0.460. The van der Waals surface area contributed by atoms with Gasteiger partial charge in [-0.25, -0.2) is 0 Å². The third kappa shape index (κ3) is 7.88. The first kappa shape index (κ1) is 27.8. The van der Waals surface area contributed by atoms with Gasteiger partial charge in [0.25, 0.3) is 5.89 Å². The van der Waals surface area contributed by atoms with Crippen LogP contribution in [-0.2, 0) is 26.3 Å². The van der Waals surface area contributed by atoms with Crippen LogP contribution in [0.25, 0.3) is 11.4 Å². The van der Waals surface area contributed by atoms with Gasteiger partial charge < -0.3 is 18.7 Å². The molecule has 1 aliphatic heterocycles. The van der Waals surface area contributed by atoms with E-state index in [0.717, 1.165) is 24.2 Å². The Balaban J connectivity index is 1.27. The van der Waals surface area contributed by atoms with Gasteiger partial charge in [0.2, 0.25) is 5.82 Å². The molecular formula is C30H39N3O5. The number of hydrogen-bond donors (Lipinski definition) is 0. The predicted octanol–water partition coefficient (Wildman–Crippen LogP) is 5.72. The highest BCUT2D eigenvalue weighted by molar-refractivity contribution is 5.70. The van der Waals surface area contributed by atoms with Crippen molar-refractivity contribution in [2.75, 3.05) is 26.2 Å². The summed E-state index contributed by atoms with van der Waals surface area (Å²) in [5.74, 6) is 1.50. The maximum absolute atomic E-state index is 12.1. The zero-order valence-corrected chi connectivity index (χ0v) is 23.3. The number of rotatable bonds is 8. The Morgan fingerprint density at radius 2 is 1.74 bits per heavy atom. The summed E-state index contributed by atoms with van der Waals surface area (Å²) < 4.78 is 22.7. The van der Waals surface area contributed by atoms with Crippen LogP contribution in [0.2, 0.25) is 0 Å². The van der Waals surface area contributed by atoms with Gasteiger partial charge in [-0.2, -0.15) is 4.98 Å². The first-order valence-electron chi connectivity index (χ1n) is 13.2. The van der Waals surface area contributed by atoms with Gasteiger partial charge in [0.15, 0.2) is 6.61 Å². The second kappa shape index (κ2) is 11.7. The molecule has 1 atom stereocenters. The predicted molar refractivity (Wildman–Crippen MR) is 145 cm³/mol. The van der Waals surface area contributed by atoms with E-state index in [1.165, 1.54) is 5.56 Å². The lowest BCUT2D eigenvalue weighted by Gasteiger charge is -2.33. The minimum absolute atomic E-state index is 0.0559. The smallest absolute Gasteiger partial charge is 0.307 e. The summed E-state index contributed by atoms with van der Waals surface area (Å²) >= 11 is 0. The molecule has 1 unspecified atom stereocenters. The second-order valence-electron chi connectivity index (χ2n) is 11.7. The molecule has 3 aromatic rings. The fourth-order valence-corrected chi connectivity index (χ4v) is 4.22. The highest BCUT2D eigenvalue weighted by Crippen LogP contribution is 2.27. The van der Waals surface area contributed by atoms with Crippen molar-refractivity contribution >= 4 is 5.97 Å². The van der Waals surface area contributed by atoms with Gasteiger partial charge in [-0.15, -0.1) is 0 Å². The molecule has 2 aromatic carbocycles. The molecule has 1 aliphatic rings. The Kier molecular flexibility index (Phi) is 8.53. The zero-order valence-electron chi connectivity index (χ0n) is 23.3. The standard InChI is InChI=1S/C30H39N3O5/c1-29(2,3)23-11-7-22(8-12-23)28-31-26(38-32-28)20-36-24-13-9-21(10-14-24)25-19-33(17-18-35-25)16-15-27(34)37-30(4,5)6/h7-14,25H,15-20H2,1-6H3. The lowest BCUT2D eigenvalue weighted by atomic mass is 9.87. The summed E-state index contributed by atoms with van der Waals surface area (Å²) in [5.41, 5.74) is 2.86. The number of hydrogen-bond acceptors (Lipinski definition) is 8. The van der Waals surface area contributed by atoms with Crippen molar-refractivity contribution in [2.24, 2.45) is 0 Å². The summed E-state index contributed by atoms with van der Waals surface area (Å²) in [4.78, 5) is 18.8. The maximum Gasteiger partial charge on any atom is 0.307 e. The number of ether oxygens (including phenoxy) is 3. The second-order valence-corrected chi connectivity index (χ2v) is 11.7. The van der Waals surface area contributed by atoms with Crippen LogP contribution in [0.4, 0.5) is 0 Å². The van der Waals surface area contributed by atoms with Gasteiger partial charge in [0, 0.05) is 25.2 Å². The van der Waals surface area contributed by atoms with Crippen molar-refractivity contribution in [3.05, 3.63) is 65.5 Å². The van der Waals surface area contributed by atoms with E-state index < -0.39 is 5.60 Å². The van der Waals surface area contributed by atoms with Gasteiger partial charge in [-0.3, -0.25) is 9.69 Å². The van der Waals surface area contributed by atoms with Crippen LogP contribution in [0.5, 0.6) is 5.75 Å². The van der Waals surface area contributed by atoms with Crippen LogP contribution in [-0.4, -0.2) is 52.9 Å². The molecular weight excluding hydrogens is 482 g/mol. The van der Waals surface area contributed by atoms with Crippen molar-refractivity contribution < 1.29 is 23.5 Å². The van der Waals surface area contributed by atoms with Crippen LogP contribution in [0.15, 0.2) is 53.1 Å². The molecule has 0 bridgehead atoms. The van der Waals surface area contributed by atoms with E-state index in [0.29, 0.717) is 37.0 Å². The molecule has 0 saturated carbocycles. The van der Waals surface area contributed by atoms with E-state index >= 15 is 0 Å². The molecule has 2 heterocycles. The lowest BCUT2D eigenvalue weighted by Crippen LogP contribution is -2.39. The van der Waals surface area contributed by atoms with Gasteiger partial charge >= 0.3 is 5.97 Å². The third-order valence-corrected chi connectivity index (χ3v) is 6.29. The monoisotopic (exact) mass is 521 g/mol. The van der Waals surface area contributed by atoms with E-state index in [9.17, 15) is 4.79 Å². The molecule has 0 radical (unpaired) electrons. The summed E-state index contributed by atoms with van der Waals surface area (Å²) in [6, 6.07) is 16.1. The highest BCUT2D eigenvalue weighted by atomic mass is 16.6. The molecule has 8 heteroatoms. The molecule has 1 saturated heterocycles. The maximum atomic E-state index is 12.1. The van der Waals surface area contributed by atoms with Crippen LogP contribution in [0, 0.1) is 0 Å². The van der Waals surface area contributed by atoms with E-state index in [1.54, 1.807) is 0 Å². The molecule has 0 spiro atoms. The van der Waals surface area contributed by atoms with E-state index in [2.05, 4.69) is 47.9 Å². The number of aromatic nitrogens is 2.